The van der Waals surface area contributed by atoms with Crippen molar-refractivity contribution in [2.24, 2.45) is 0 Å². The number of hydrogen-bond acceptors (Lipinski definition) is 4. The maximum absolute atomic E-state index is 10.7. The van der Waals surface area contributed by atoms with Crippen LogP contribution in [0.3, 0.4) is 0 Å². The minimum Gasteiger partial charge on any atom is -0.481 e. The van der Waals surface area contributed by atoms with Crippen molar-refractivity contribution in [3.05, 3.63) is 17.5 Å². The van der Waals surface area contributed by atoms with Crippen LogP contribution in [0.25, 0.3) is 0 Å². The SMILES string of the molecule is O=C(O)CC(Sc1cccs1)C(=O)O. The Kier molecular flexibility index (Phi) is 3.97. The molecule has 1 heterocycles. The molecule has 6 heteroatoms. The fraction of sp³-hybridized carbons (Fsp3) is 0.250. The summed E-state index contributed by atoms with van der Waals surface area (Å²) in [5.41, 5.74) is 0. The van der Waals surface area contributed by atoms with Gasteiger partial charge in [-0.15, -0.1) is 11.3 Å². The molecule has 0 bridgehead atoms. The number of carbonyl (C=O) groups is 2. The highest BCUT2D eigenvalue weighted by molar-refractivity contribution is 8.02. The van der Waals surface area contributed by atoms with Crippen molar-refractivity contribution < 1.29 is 19.8 Å². The van der Waals surface area contributed by atoms with Crippen LogP contribution in [0.1, 0.15) is 6.42 Å². The van der Waals surface area contributed by atoms with Gasteiger partial charge >= 0.3 is 11.9 Å². The van der Waals surface area contributed by atoms with Crippen LogP contribution in [0.5, 0.6) is 0 Å². The summed E-state index contributed by atoms with van der Waals surface area (Å²) in [4.78, 5) is 21.1. The van der Waals surface area contributed by atoms with E-state index in [4.69, 9.17) is 10.2 Å². The third kappa shape index (κ3) is 3.39. The number of rotatable bonds is 5. The molecule has 1 unspecified atom stereocenters. The van der Waals surface area contributed by atoms with Gasteiger partial charge in [0.15, 0.2) is 0 Å². The Balaban J connectivity index is 2.60. The van der Waals surface area contributed by atoms with Crippen LogP contribution in [0.15, 0.2) is 21.7 Å². The maximum atomic E-state index is 10.7. The van der Waals surface area contributed by atoms with Gasteiger partial charge in [0, 0.05) is 0 Å². The zero-order valence-corrected chi connectivity index (χ0v) is 8.68. The number of aliphatic carboxylic acids is 2. The van der Waals surface area contributed by atoms with E-state index >= 15 is 0 Å². The van der Waals surface area contributed by atoms with Crippen LogP contribution in [-0.4, -0.2) is 27.4 Å². The van der Waals surface area contributed by atoms with Gasteiger partial charge in [-0.25, -0.2) is 0 Å². The number of thiophene rings is 1. The Bertz CT molecular complexity index is 320. The Morgan fingerprint density at radius 3 is 2.64 bits per heavy atom. The minimum atomic E-state index is -1.10. The van der Waals surface area contributed by atoms with Crippen molar-refractivity contribution in [1.29, 1.82) is 0 Å². The molecule has 0 aliphatic carbocycles. The van der Waals surface area contributed by atoms with Crippen molar-refractivity contribution in [2.45, 2.75) is 15.9 Å². The highest BCUT2D eigenvalue weighted by atomic mass is 32.2. The van der Waals surface area contributed by atoms with E-state index in [1.54, 1.807) is 12.1 Å². The number of carboxylic acid groups (broad SMARTS) is 2. The van der Waals surface area contributed by atoms with Gasteiger partial charge in [-0.05, 0) is 11.4 Å². The molecule has 0 saturated heterocycles. The summed E-state index contributed by atoms with van der Waals surface area (Å²) in [6, 6.07) is 3.57. The molecule has 1 atom stereocenters. The number of hydrogen-bond donors (Lipinski definition) is 2. The highest BCUT2D eigenvalue weighted by Crippen LogP contribution is 2.29. The Morgan fingerprint density at radius 1 is 1.50 bits per heavy atom. The van der Waals surface area contributed by atoms with Gasteiger partial charge in [-0.1, -0.05) is 17.8 Å². The van der Waals surface area contributed by atoms with Gasteiger partial charge in [-0.2, -0.15) is 0 Å². The lowest BCUT2D eigenvalue weighted by Gasteiger charge is -2.06. The summed E-state index contributed by atoms with van der Waals surface area (Å²) in [5.74, 6) is -2.19. The summed E-state index contributed by atoms with van der Waals surface area (Å²) in [6.07, 6.45) is -0.363. The highest BCUT2D eigenvalue weighted by Gasteiger charge is 2.22. The van der Waals surface area contributed by atoms with Crippen LogP contribution in [0, 0.1) is 0 Å². The van der Waals surface area contributed by atoms with Crippen molar-refractivity contribution in [1.82, 2.24) is 0 Å². The van der Waals surface area contributed by atoms with Crippen molar-refractivity contribution >= 4 is 35.0 Å². The fourth-order valence-corrected chi connectivity index (χ4v) is 2.76. The first kappa shape index (κ1) is 11.1. The molecule has 0 aliphatic heterocycles. The van der Waals surface area contributed by atoms with Crippen molar-refractivity contribution in [3.8, 4) is 0 Å². The van der Waals surface area contributed by atoms with Crippen LogP contribution in [0.4, 0.5) is 0 Å². The molecule has 0 aromatic carbocycles. The van der Waals surface area contributed by atoms with E-state index in [2.05, 4.69) is 0 Å². The monoisotopic (exact) mass is 232 g/mol. The van der Waals surface area contributed by atoms with E-state index in [1.807, 2.05) is 5.38 Å². The standard InChI is InChI=1S/C8H8O4S2/c9-6(10)4-5(8(11)12)14-7-2-1-3-13-7/h1-3,5H,4H2,(H,9,10)(H,11,12). The molecule has 0 saturated carbocycles. The van der Waals surface area contributed by atoms with Crippen LogP contribution >= 0.6 is 23.1 Å². The smallest absolute Gasteiger partial charge is 0.317 e. The first-order chi connectivity index (χ1) is 6.59. The quantitative estimate of drug-likeness (QED) is 0.757. The predicted octanol–water partition coefficient (Wildman–Crippen LogP) is 1.77. The zero-order valence-electron chi connectivity index (χ0n) is 7.04. The summed E-state index contributed by atoms with van der Waals surface area (Å²) in [6.45, 7) is 0. The number of carboxylic acids is 2. The maximum Gasteiger partial charge on any atom is 0.317 e. The molecule has 76 valence electrons. The molecule has 0 fully saturated rings. The zero-order chi connectivity index (χ0) is 10.6. The van der Waals surface area contributed by atoms with E-state index in [1.165, 1.54) is 11.3 Å². The van der Waals surface area contributed by atoms with Gasteiger partial charge in [0.25, 0.3) is 0 Å². The molecule has 0 spiro atoms. The lowest BCUT2D eigenvalue weighted by atomic mass is 10.3. The van der Waals surface area contributed by atoms with Gasteiger partial charge in [0.1, 0.15) is 5.25 Å². The van der Waals surface area contributed by atoms with E-state index in [0.717, 1.165) is 16.0 Å². The van der Waals surface area contributed by atoms with E-state index in [-0.39, 0.29) is 6.42 Å². The van der Waals surface area contributed by atoms with Crippen molar-refractivity contribution in [2.75, 3.05) is 0 Å². The van der Waals surface area contributed by atoms with Gasteiger partial charge in [0.05, 0.1) is 10.6 Å². The molecule has 1 aromatic heterocycles. The molecule has 4 nitrogen and oxygen atoms in total. The molecule has 14 heavy (non-hydrogen) atoms. The molecular formula is C8H8O4S2. The summed E-state index contributed by atoms with van der Waals surface area (Å²) in [7, 11) is 0. The average Bonchev–Trinajstić information content (AvgIpc) is 2.54. The molecular weight excluding hydrogens is 224 g/mol. The fourth-order valence-electron chi connectivity index (χ4n) is 0.809. The van der Waals surface area contributed by atoms with Gasteiger partial charge < -0.3 is 10.2 Å². The summed E-state index contributed by atoms with van der Waals surface area (Å²) >= 11 is 2.47. The molecule has 0 aliphatic rings. The Hall–Kier alpha value is -1.01. The molecule has 1 aromatic rings. The van der Waals surface area contributed by atoms with Crippen LogP contribution in [-0.2, 0) is 9.59 Å². The van der Waals surface area contributed by atoms with Crippen LogP contribution < -0.4 is 0 Å². The van der Waals surface area contributed by atoms with Crippen LogP contribution in [0.2, 0.25) is 0 Å². The first-order valence-corrected chi connectivity index (χ1v) is 5.50. The van der Waals surface area contributed by atoms with E-state index in [9.17, 15) is 9.59 Å². The Morgan fingerprint density at radius 2 is 2.21 bits per heavy atom. The average molecular weight is 232 g/mol. The van der Waals surface area contributed by atoms with E-state index < -0.39 is 17.2 Å². The third-order valence-electron chi connectivity index (χ3n) is 1.39. The van der Waals surface area contributed by atoms with Crippen molar-refractivity contribution in [3.63, 3.8) is 0 Å². The molecule has 0 radical (unpaired) electrons. The largest absolute Gasteiger partial charge is 0.481 e. The lowest BCUT2D eigenvalue weighted by molar-refractivity contribution is -0.142. The first-order valence-electron chi connectivity index (χ1n) is 3.74. The third-order valence-corrected chi connectivity index (χ3v) is 3.65. The Labute approximate surface area is 88.6 Å². The second kappa shape index (κ2) is 5.02. The molecule has 1 rings (SSSR count). The van der Waals surface area contributed by atoms with Gasteiger partial charge in [-0.3, -0.25) is 9.59 Å². The summed E-state index contributed by atoms with van der Waals surface area (Å²) < 4.78 is 0.818. The number of thioether (sulfide) groups is 1. The predicted molar refractivity (Wildman–Crippen MR) is 53.9 cm³/mol. The molecule has 2 N–H and O–H groups in total. The minimum absolute atomic E-state index is 0.363. The normalized spacial score (nSPS) is 12.3. The summed E-state index contributed by atoms with van der Waals surface area (Å²) in [5, 5.41) is 18.1. The lowest BCUT2D eigenvalue weighted by Crippen LogP contribution is -2.19. The van der Waals surface area contributed by atoms with E-state index in [0.29, 0.717) is 0 Å². The second-order valence-electron chi connectivity index (χ2n) is 2.47. The second-order valence-corrected chi connectivity index (χ2v) is 4.93. The topological polar surface area (TPSA) is 74.6 Å². The van der Waals surface area contributed by atoms with Gasteiger partial charge in [0.2, 0.25) is 0 Å². The molecule has 0 amide bonds.